The van der Waals surface area contributed by atoms with Gasteiger partial charge in [-0.2, -0.15) is 0 Å². The predicted octanol–water partition coefficient (Wildman–Crippen LogP) is -0.547. The van der Waals surface area contributed by atoms with Crippen LogP contribution in [0.15, 0.2) is 0 Å². The number of methoxy groups -OCH3 is 2. The molecule has 14 heavy (non-hydrogen) atoms. The number of hydrogen-bond acceptors (Lipinski definition) is 4. The number of carbonyl (C=O) groups is 1. The Morgan fingerprint density at radius 2 is 1.86 bits per heavy atom. The highest BCUT2D eigenvalue weighted by Gasteiger charge is 2.21. The monoisotopic (exact) mass is 204 g/mol. The van der Waals surface area contributed by atoms with Gasteiger partial charge in [0.15, 0.2) is 0 Å². The van der Waals surface area contributed by atoms with Crippen LogP contribution in [-0.4, -0.2) is 57.4 Å². The number of rotatable bonds is 6. The van der Waals surface area contributed by atoms with Crippen molar-refractivity contribution in [2.45, 2.75) is 19.0 Å². The molecule has 0 heterocycles. The Bertz CT molecular complexity index is 175. The van der Waals surface area contributed by atoms with Gasteiger partial charge >= 0.3 is 0 Å². The third-order valence-electron chi connectivity index (χ3n) is 2.08. The van der Waals surface area contributed by atoms with Gasteiger partial charge in [0, 0.05) is 21.3 Å². The highest BCUT2D eigenvalue weighted by Crippen LogP contribution is 1.99. The van der Waals surface area contributed by atoms with Crippen LogP contribution in [0.1, 0.15) is 6.92 Å². The molecular formula is C9H20N2O3. The lowest BCUT2D eigenvalue weighted by Gasteiger charge is -2.26. The van der Waals surface area contributed by atoms with E-state index in [0.29, 0.717) is 6.61 Å². The number of likely N-dealkylation sites (N-methyl/N-ethyl adjacent to an activating group) is 1. The van der Waals surface area contributed by atoms with Crippen molar-refractivity contribution in [3.63, 3.8) is 0 Å². The zero-order valence-electron chi connectivity index (χ0n) is 9.32. The molecule has 1 amide bonds. The van der Waals surface area contributed by atoms with Crippen LogP contribution in [0.3, 0.4) is 0 Å². The molecule has 0 bridgehead atoms. The summed E-state index contributed by atoms with van der Waals surface area (Å²) in [6.07, 6.45) is 0. The summed E-state index contributed by atoms with van der Waals surface area (Å²) in [6.45, 7) is 2.64. The normalized spacial score (nSPS) is 14.9. The van der Waals surface area contributed by atoms with Crippen molar-refractivity contribution in [3.8, 4) is 0 Å². The Hall–Kier alpha value is -0.650. The predicted molar refractivity (Wildman–Crippen MR) is 54.0 cm³/mol. The Labute approximate surface area is 85.1 Å². The first-order chi connectivity index (χ1) is 6.54. The van der Waals surface area contributed by atoms with E-state index in [1.807, 2.05) is 6.92 Å². The molecule has 0 aliphatic heterocycles. The lowest BCUT2D eigenvalue weighted by Crippen LogP contribution is -2.48. The minimum absolute atomic E-state index is 0.0235. The molecule has 5 nitrogen and oxygen atoms in total. The van der Waals surface area contributed by atoms with Gasteiger partial charge in [0.2, 0.25) is 5.91 Å². The van der Waals surface area contributed by atoms with Crippen molar-refractivity contribution >= 4 is 5.91 Å². The topological polar surface area (TPSA) is 64.8 Å². The molecule has 0 rings (SSSR count). The van der Waals surface area contributed by atoms with Gasteiger partial charge in [-0.25, -0.2) is 0 Å². The first-order valence-electron chi connectivity index (χ1n) is 4.54. The first kappa shape index (κ1) is 13.4. The number of nitrogens with zero attached hydrogens (tertiary/aromatic N) is 1. The standard InChI is InChI=1S/C9H20N2O3/c1-7(5-13-3)11(2)9(12)8(10)6-14-4/h7-8H,5-6,10H2,1-4H3. The Morgan fingerprint density at radius 1 is 1.36 bits per heavy atom. The molecule has 0 aliphatic rings. The third-order valence-corrected chi connectivity index (χ3v) is 2.08. The first-order valence-corrected chi connectivity index (χ1v) is 4.54. The number of hydrogen-bond donors (Lipinski definition) is 1. The van der Waals surface area contributed by atoms with Crippen LogP contribution >= 0.6 is 0 Å². The van der Waals surface area contributed by atoms with E-state index in [1.54, 1.807) is 19.1 Å². The fraction of sp³-hybridized carbons (Fsp3) is 0.889. The van der Waals surface area contributed by atoms with E-state index in [9.17, 15) is 4.79 Å². The summed E-state index contributed by atoms with van der Waals surface area (Å²) >= 11 is 0. The van der Waals surface area contributed by atoms with Crippen LogP contribution in [0.25, 0.3) is 0 Å². The number of carbonyl (C=O) groups excluding carboxylic acids is 1. The van der Waals surface area contributed by atoms with E-state index in [1.165, 1.54) is 7.11 Å². The molecule has 0 saturated carbocycles. The number of amides is 1. The lowest BCUT2D eigenvalue weighted by atomic mass is 10.2. The highest BCUT2D eigenvalue weighted by molar-refractivity contribution is 5.81. The van der Waals surface area contributed by atoms with Gasteiger partial charge in [-0.05, 0) is 6.92 Å². The average Bonchev–Trinajstić information content (AvgIpc) is 2.16. The van der Waals surface area contributed by atoms with Crippen LogP contribution in [0.2, 0.25) is 0 Å². The van der Waals surface area contributed by atoms with Gasteiger partial charge in [0.1, 0.15) is 6.04 Å². The Morgan fingerprint density at radius 3 is 2.29 bits per heavy atom. The Kier molecular flexibility index (Phi) is 6.44. The maximum absolute atomic E-state index is 11.6. The molecule has 0 aliphatic carbocycles. The molecule has 0 fully saturated rings. The fourth-order valence-electron chi connectivity index (χ4n) is 1.08. The second-order valence-electron chi connectivity index (χ2n) is 3.32. The molecule has 2 atom stereocenters. The fourth-order valence-corrected chi connectivity index (χ4v) is 1.08. The van der Waals surface area contributed by atoms with Gasteiger partial charge in [0.25, 0.3) is 0 Å². The van der Waals surface area contributed by atoms with Gasteiger partial charge in [-0.15, -0.1) is 0 Å². The maximum Gasteiger partial charge on any atom is 0.241 e. The van der Waals surface area contributed by atoms with Gasteiger partial charge in [0.05, 0.1) is 19.3 Å². The van der Waals surface area contributed by atoms with Crippen molar-refractivity contribution < 1.29 is 14.3 Å². The highest BCUT2D eigenvalue weighted by atomic mass is 16.5. The summed E-state index contributed by atoms with van der Waals surface area (Å²) < 4.78 is 9.76. The molecule has 84 valence electrons. The molecular weight excluding hydrogens is 184 g/mol. The van der Waals surface area contributed by atoms with Crippen LogP contribution < -0.4 is 5.73 Å². The summed E-state index contributed by atoms with van der Waals surface area (Å²) in [4.78, 5) is 13.2. The number of nitrogens with two attached hydrogens (primary N) is 1. The summed E-state index contributed by atoms with van der Waals surface area (Å²) in [5, 5.41) is 0. The van der Waals surface area contributed by atoms with E-state index in [2.05, 4.69) is 0 Å². The molecule has 5 heteroatoms. The van der Waals surface area contributed by atoms with E-state index in [4.69, 9.17) is 15.2 Å². The minimum atomic E-state index is -0.593. The van der Waals surface area contributed by atoms with Crippen molar-refractivity contribution in [2.75, 3.05) is 34.5 Å². The van der Waals surface area contributed by atoms with Crippen LogP contribution in [-0.2, 0) is 14.3 Å². The largest absolute Gasteiger partial charge is 0.383 e. The second-order valence-corrected chi connectivity index (χ2v) is 3.32. The van der Waals surface area contributed by atoms with Gasteiger partial charge in [-0.1, -0.05) is 0 Å². The SMILES string of the molecule is COCC(N)C(=O)N(C)C(C)COC. The summed E-state index contributed by atoms with van der Waals surface area (Å²) in [5.74, 6) is -0.128. The molecule has 0 saturated heterocycles. The second kappa shape index (κ2) is 6.75. The van der Waals surface area contributed by atoms with Crippen molar-refractivity contribution in [3.05, 3.63) is 0 Å². The smallest absolute Gasteiger partial charge is 0.241 e. The van der Waals surface area contributed by atoms with Gasteiger partial charge in [-0.3, -0.25) is 4.79 Å². The molecule has 0 radical (unpaired) electrons. The van der Waals surface area contributed by atoms with Crippen LogP contribution in [0.5, 0.6) is 0 Å². The molecule has 0 aromatic heterocycles. The third kappa shape index (κ3) is 4.04. The van der Waals surface area contributed by atoms with Crippen LogP contribution in [0.4, 0.5) is 0 Å². The summed E-state index contributed by atoms with van der Waals surface area (Å²) in [6, 6.07) is -0.570. The zero-order valence-corrected chi connectivity index (χ0v) is 9.32. The van der Waals surface area contributed by atoms with Crippen LogP contribution in [0, 0.1) is 0 Å². The van der Waals surface area contributed by atoms with Crippen molar-refractivity contribution in [1.29, 1.82) is 0 Å². The van der Waals surface area contributed by atoms with E-state index < -0.39 is 6.04 Å². The average molecular weight is 204 g/mol. The van der Waals surface area contributed by atoms with E-state index in [0.717, 1.165) is 0 Å². The summed E-state index contributed by atoms with van der Waals surface area (Å²) in [5.41, 5.74) is 5.61. The summed E-state index contributed by atoms with van der Waals surface area (Å²) in [7, 11) is 4.83. The van der Waals surface area contributed by atoms with Crippen molar-refractivity contribution in [1.82, 2.24) is 4.90 Å². The molecule has 0 spiro atoms. The van der Waals surface area contributed by atoms with Crippen molar-refractivity contribution in [2.24, 2.45) is 5.73 Å². The minimum Gasteiger partial charge on any atom is -0.383 e. The van der Waals surface area contributed by atoms with E-state index >= 15 is 0 Å². The molecule has 2 N–H and O–H groups in total. The Balaban J connectivity index is 4.09. The quantitative estimate of drug-likeness (QED) is 0.630. The van der Waals surface area contributed by atoms with E-state index in [-0.39, 0.29) is 18.6 Å². The zero-order chi connectivity index (χ0) is 11.1. The van der Waals surface area contributed by atoms with Gasteiger partial charge < -0.3 is 20.1 Å². The number of ether oxygens (including phenoxy) is 2. The maximum atomic E-state index is 11.6. The molecule has 0 aromatic carbocycles. The molecule has 0 aromatic rings. The lowest BCUT2D eigenvalue weighted by molar-refractivity contribution is -0.135. The molecule has 2 unspecified atom stereocenters.